The number of hydrogen-bond donors (Lipinski definition) is 0. The monoisotopic (exact) mass is 248 g/mol. The van der Waals surface area contributed by atoms with Crippen molar-refractivity contribution in [3.05, 3.63) is 33.8 Å². The lowest BCUT2D eigenvalue weighted by Gasteiger charge is -2.03. The summed E-state index contributed by atoms with van der Waals surface area (Å²) in [5, 5.41) is 0. The summed E-state index contributed by atoms with van der Waals surface area (Å²) in [7, 11) is 0. The molecular weight excluding hydrogens is 242 g/mol. The zero-order chi connectivity index (χ0) is 9.84. The molecule has 0 spiro atoms. The number of hydrogen-bond acceptors (Lipinski definition) is 1. The summed E-state index contributed by atoms with van der Waals surface area (Å²) in [5.74, 6) is -1.23. The lowest BCUT2D eigenvalue weighted by Crippen LogP contribution is -1.97. The van der Waals surface area contributed by atoms with Crippen LogP contribution in [0.2, 0.25) is 0 Å². The van der Waals surface area contributed by atoms with E-state index in [9.17, 15) is 13.6 Å². The first-order valence-corrected chi connectivity index (χ1v) is 4.52. The number of carbonyl (C=O) groups excluding carboxylic acids is 1. The molecule has 0 radical (unpaired) electrons. The molecule has 1 nitrogen and oxygen atoms in total. The fourth-order valence-corrected chi connectivity index (χ4v) is 1.37. The Hall–Kier alpha value is -0.770. The van der Waals surface area contributed by atoms with Crippen molar-refractivity contribution < 1.29 is 13.6 Å². The largest absolute Gasteiger partial charge is 0.303 e. The van der Waals surface area contributed by atoms with Crippen LogP contribution in [0.1, 0.15) is 12.0 Å². The van der Waals surface area contributed by atoms with Gasteiger partial charge in [0.1, 0.15) is 17.9 Å². The molecule has 0 N–H and O–H groups in total. The Kier molecular flexibility index (Phi) is 3.54. The first-order chi connectivity index (χ1) is 6.16. The van der Waals surface area contributed by atoms with E-state index in [0.29, 0.717) is 6.29 Å². The number of rotatable bonds is 3. The van der Waals surface area contributed by atoms with Crippen molar-refractivity contribution in [1.29, 1.82) is 0 Å². The Morgan fingerprint density at radius 2 is 2.08 bits per heavy atom. The van der Waals surface area contributed by atoms with E-state index in [1.54, 1.807) is 0 Å². The molecular formula is C9H7BrF2O. The molecule has 0 saturated carbocycles. The van der Waals surface area contributed by atoms with Gasteiger partial charge in [-0.05, 0) is 34.5 Å². The number of carbonyl (C=O) groups is 1. The molecule has 0 unspecified atom stereocenters. The number of aldehydes is 1. The fourth-order valence-electron chi connectivity index (χ4n) is 1.00. The molecule has 1 rings (SSSR count). The predicted octanol–water partition coefficient (Wildman–Crippen LogP) is 2.86. The summed E-state index contributed by atoms with van der Waals surface area (Å²) in [6, 6.07) is 2.47. The van der Waals surface area contributed by atoms with Gasteiger partial charge in [0, 0.05) is 12.0 Å². The summed E-state index contributed by atoms with van der Waals surface area (Å²) in [6.07, 6.45) is 0.866. The smallest absolute Gasteiger partial charge is 0.143 e. The topological polar surface area (TPSA) is 17.1 Å². The van der Waals surface area contributed by atoms with Crippen LogP contribution in [0.3, 0.4) is 0 Å². The quantitative estimate of drug-likeness (QED) is 0.594. The Bertz CT molecular complexity index is 326. The molecule has 70 valence electrons. The van der Waals surface area contributed by atoms with Crippen molar-refractivity contribution in [2.24, 2.45) is 0 Å². The van der Waals surface area contributed by atoms with Crippen LogP contribution in [-0.4, -0.2) is 6.29 Å². The molecule has 0 fully saturated rings. The van der Waals surface area contributed by atoms with E-state index in [1.807, 2.05) is 0 Å². The van der Waals surface area contributed by atoms with Crippen molar-refractivity contribution in [3.63, 3.8) is 0 Å². The standard InChI is InChI=1S/C9H7BrF2O/c10-7-3-4-8(11)6(9(7)12)2-1-5-13/h3-5H,1-2H2. The minimum Gasteiger partial charge on any atom is -0.303 e. The molecule has 0 aliphatic carbocycles. The van der Waals surface area contributed by atoms with Gasteiger partial charge in [0.2, 0.25) is 0 Å². The van der Waals surface area contributed by atoms with Crippen molar-refractivity contribution in [1.82, 2.24) is 0 Å². The molecule has 0 saturated heterocycles. The molecule has 0 aromatic heterocycles. The third-order valence-electron chi connectivity index (χ3n) is 1.65. The highest BCUT2D eigenvalue weighted by Gasteiger charge is 2.11. The highest BCUT2D eigenvalue weighted by Crippen LogP contribution is 2.22. The summed E-state index contributed by atoms with van der Waals surface area (Å²) in [6.45, 7) is 0. The maximum Gasteiger partial charge on any atom is 0.143 e. The van der Waals surface area contributed by atoms with E-state index < -0.39 is 11.6 Å². The summed E-state index contributed by atoms with van der Waals surface area (Å²) in [5.41, 5.74) is -0.0403. The van der Waals surface area contributed by atoms with Gasteiger partial charge in [0.15, 0.2) is 0 Å². The first-order valence-electron chi connectivity index (χ1n) is 3.73. The zero-order valence-corrected chi connectivity index (χ0v) is 8.27. The molecule has 0 aliphatic heterocycles. The third-order valence-corrected chi connectivity index (χ3v) is 2.26. The van der Waals surface area contributed by atoms with Crippen molar-refractivity contribution in [2.75, 3.05) is 0 Å². The minimum atomic E-state index is -0.623. The van der Waals surface area contributed by atoms with Gasteiger partial charge in [-0.1, -0.05) is 0 Å². The number of benzene rings is 1. The molecule has 1 aromatic carbocycles. The maximum atomic E-state index is 13.2. The fraction of sp³-hybridized carbons (Fsp3) is 0.222. The van der Waals surface area contributed by atoms with Crippen molar-refractivity contribution >= 4 is 22.2 Å². The highest BCUT2D eigenvalue weighted by atomic mass is 79.9. The lowest BCUT2D eigenvalue weighted by atomic mass is 10.1. The van der Waals surface area contributed by atoms with Gasteiger partial charge < -0.3 is 4.79 Å². The van der Waals surface area contributed by atoms with E-state index >= 15 is 0 Å². The van der Waals surface area contributed by atoms with Crippen LogP contribution in [0.5, 0.6) is 0 Å². The normalized spacial score (nSPS) is 10.1. The van der Waals surface area contributed by atoms with Gasteiger partial charge in [0.25, 0.3) is 0 Å². The van der Waals surface area contributed by atoms with Gasteiger partial charge in [-0.2, -0.15) is 0 Å². The van der Waals surface area contributed by atoms with Crippen LogP contribution in [0.15, 0.2) is 16.6 Å². The van der Waals surface area contributed by atoms with Gasteiger partial charge in [-0.3, -0.25) is 0 Å². The second-order valence-electron chi connectivity index (χ2n) is 2.53. The van der Waals surface area contributed by atoms with Crippen LogP contribution >= 0.6 is 15.9 Å². The molecule has 0 aliphatic rings. The van der Waals surface area contributed by atoms with Gasteiger partial charge in [-0.15, -0.1) is 0 Å². The van der Waals surface area contributed by atoms with Crippen molar-refractivity contribution in [2.45, 2.75) is 12.8 Å². The van der Waals surface area contributed by atoms with Crippen LogP contribution in [0.25, 0.3) is 0 Å². The second kappa shape index (κ2) is 4.46. The highest BCUT2D eigenvalue weighted by molar-refractivity contribution is 9.10. The molecule has 0 bridgehead atoms. The summed E-state index contributed by atoms with van der Waals surface area (Å²) >= 11 is 2.94. The van der Waals surface area contributed by atoms with Crippen LogP contribution in [0.4, 0.5) is 8.78 Å². The van der Waals surface area contributed by atoms with Crippen LogP contribution in [0, 0.1) is 11.6 Å². The molecule has 1 aromatic rings. The molecule has 4 heteroatoms. The van der Waals surface area contributed by atoms with Gasteiger partial charge in [-0.25, -0.2) is 8.78 Å². The average Bonchev–Trinajstić information content (AvgIpc) is 2.12. The lowest BCUT2D eigenvalue weighted by molar-refractivity contribution is -0.107. The van der Waals surface area contributed by atoms with E-state index in [4.69, 9.17) is 0 Å². The molecule has 0 amide bonds. The second-order valence-corrected chi connectivity index (χ2v) is 3.38. The predicted molar refractivity (Wildman–Crippen MR) is 48.4 cm³/mol. The van der Waals surface area contributed by atoms with E-state index in [0.717, 1.165) is 0 Å². The average molecular weight is 249 g/mol. The number of halogens is 3. The van der Waals surface area contributed by atoms with Crippen LogP contribution in [-0.2, 0) is 11.2 Å². The molecule has 0 atom stereocenters. The SMILES string of the molecule is O=CCCc1c(F)ccc(Br)c1F. The molecule has 0 heterocycles. The van der Waals surface area contributed by atoms with E-state index in [2.05, 4.69) is 15.9 Å². The first kappa shape index (κ1) is 10.3. The molecule has 13 heavy (non-hydrogen) atoms. The Morgan fingerprint density at radius 1 is 1.38 bits per heavy atom. The van der Waals surface area contributed by atoms with Gasteiger partial charge >= 0.3 is 0 Å². The maximum absolute atomic E-state index is 13.2. The Morgan fingerprint density at radius 3 is 2.69 bits per heavy atom. The third kappa shape index (κ3) is 2.34. The van der Waals surface area contributed by atoms with E-state index in [-0.39, 0.29) is 22.9 Å². The summed E-state index contributed by atoms with van der Waals surface area (Å²) < 4.78 is 26.4. The zero-order valence-electron chi connectivity index (χ0n) is 6.69. The minimum absolute atomic E-state index is 0.0403. The van der Waals surface area contributed by atoms with Crippen LogP contribution < -0.4 is 0 Å². The van der Waals surface area contributed by atoms with Gasteiger partial charge in [0.05, 0.1) is 4.47 Å². The Labute approximate surface area is 82.9 Å². The Balaban J connectivity index is 3.02. The van der Waals surface area contributed by atoms with E-state index in [1.165, 1.54) is 12.1 Å². The van der Waals surface area contributed by atoms with Crippen molar-refractivity contribution in [3.8, 4) is 0 Å². The summed E-state index contributed by atoms with van der Waals surface area (Å²) in [4.78, 5) is 10.0.